The second-order valence-corrected chi connectivity index (χ2v) is 6.25. The molecule has 1 unspecified atom stereocenters. The largest absolute Gasteiger partial charge is 0.271 e. The van der Waals surface area contributed by atoms with Crippen molar-refractivity contribution in [2.45, 2.75) is 19.4 Å². The van der Waals surface area contributed by atoms with E-state index >= 15 is 0 Å². The summed E-state index contributed by atoms with van der Waals surface area (Å²) in [5, 5.41) is 0.724. The molecule has 0 radical (unpaired) electrons. The van der Waals surface area contributed by atoms with Gasteiger partial charge in [0.05, 0.1) is 6.04 Å². The molecule has 1 atom stereocenters. The van der Waals surface area contributed by atoms with E-state index in [1.54, 1.807) is 6.07 Å². The van der Waals surface area contributed by atoms with E-state index in [0.29, 0.717) is 6.42 Å². The molecule has 0 saturated carbocycles. The van der Waals surface area contributed by atoms with Crippen LogP contribution in [0.2, 0.25) is 5.02 Å². The standard InChI is InChI=1S/C15H15ClFIN2/c1-9-2-3-10(13(16)6-9)7-15(20-19)12-5-4-11(17)8-14(12)18/h2-6,8,15,20H,7,19H2,1H3. The van der Waals surface area contributed by atoms with Gasteiger partial charge in [-0.1, -0.05) is 29.8 Å². The van der Waals surface area contributed by atoms with Crippen molar-refractivity contribution in [2.75, 3.05) is 0 Å². The van der Waals surface area contributed by atoms with Gasteiger partial charge in [-0.05, 0) is 70.8 Å². The molecule has 2 aromatic carbocycles. The van der Waals surface area contributed by atoms with Crippen LogP contribution in [-0.4, -0.2) is 0 Å². The number of aryl methyl sites for hydroxylation is 1. The van der Waals surface area contributed by atoms with E-state index in [2.05, 4.69) is 28.0 Å². The van der Waals surface area contributed by atoms with Gasteiger partial charge in [0.15, 0.2) is 0 Å². The maximum Gasteiger partial charge on any atom is 0.124 e. The molecule has 0 aliphatic carbocycles. The number of hydrazine groups is 1. The molecule has 0 aliphatic heterocycles. The topological polar surface area (TPSA) is 38.0 Å². The van der Waals surface area contributed by atoms with Crippen molar-refractivity contribution in [3.63, 3.8) is 0 Å². The molecule has 2 rings (SSSR count). The van der Waals surface area contributed by atoms with Crippen LogP contribution in [-0.2, 0) is 6.42 Å². The van der Waals surface area contributed by atoms with Gasteiger partial charge in [-0.15, -0.1) is 0 Å². The number of nitrogens with two attached hydrogens (primary N) is 1. The molecule has 5 heteroatoms. The van der Waals surface area contributed by atoms with Crippen molar-refractivity contribution in [3.8, 4) is 0 Å². The summed E-state index contributed by atoms with van der Waals surface area (Å²) < 4.78 is 14.0. The van der Waals surface area contributed by atoms with Crippen molar-refractivity contribution >= 4 is 34.2 Å². The molecule has 20 heavy (non-hydrogen) atoms. The minimum Gasteiger partial charge on any atom is -0.271 e. The molecule has 0 bridgehead atoms. The van der Waals surface area contributed by atoms with Crippen molar-refractivity contribution < 1.29 is 4.39 Å². The average molecular weight is 405 g/mol. The van der Waals surface area contributed by atoms with E-state index in [9.17, 15) is 4.39 Å². The number of halogens is 3. The zero-order chi connectivity index (χ0) is 14.7. The quantitative estimate of drug-likeness (QED) is 0.457. The van der Waals surface area contributed by atoms with Gasteiger partial charge in [-0.3, -0.25) is 11.3 Å². The Labute approximate surface area is 136 Å². The molecule has 2 nitrogen and oxygen atoms in total. The first-order valence-corrected chi connectivity index (χ1v) is 7.63. The molecule has 0 spiro atoms. The molecular formula is C15H15ClFIN2. The van der Waals surface area contributed by atoms with Crippen molar-refractivity contribution in [3.05, 3.63) is 67.5 Å². The molecule has 0 heterocycles. The summed E-state index contributed by atoms with van der Waals surface area (Å²) in [4.78, 5) is 0. The Balaban J connectivity index is 2.28. The number of hydrogen-bond donors (Lipinski definition) is 2. The first kappa shape index (κ1) is 15.7. The fourth-order valence-corrected chi connectivity index (χ4v) is 3.25. The highest BCUT2D eigenvalue weighted by atomic mass is 127. The second kappa shape index (κ2) is 6.85. The maximum atomic E-state index is 13.2. The van der Waals surface area contributed by atoms with Gasteiger partial charge >= 0.3 is 0 Å². The van der Waals surface area contributed by atoms with Gasteiger partial charge in [0, 0.05) is 8.59 Å². The Hall–Kier alpha value is -0.690. The predicted octanol–water partition coefficient (Wildman–Crippen LogP) is 4.14. The van der Waals surface area contributed by atoms with Gasteiger partial charge in [0.25, 0.3) is 0 Å². The van der Waals surface area contributed by atoms with E-state index in [1.807, 2.05) is 25.1 Å². The molecule has 3 N–H and O–H groups in total. The highest BCUT2D eigenvalue weighted by molar-refractivity contribution is 14.1. The van der Waals surface area contributed by atoms with Crippen LogP contribution in [0.1, 0.15) is 22.7 Å². The monoisotopic (exact) mass is 404 g/mol. The first-order chi connectivity index (χ1) is 9.51. The van der Waals surface area contributed by atoms with Crippen molar-refractivity contribution in [1.82, 2.24) is 5.43 Å². The van der Waals surface area contributed by atoms with Crippen LogP contribution in [0, 0.1) is 16.3 Å². The van der Waals surface area contributed by atoms with Crippen molar-refractivity contribution in [2.24, 2.45) is 5.84 Å². The minimum atomic E-state index is -0.248. The summed E-state index contributed by atoms with van der Waals surface area (Å²) >= 11 is 8.37. The first-order valence-electron chi connectivity index (χ1n) is 6.17. The van der Waals surface area contributed by atoms with Gasteiger partial charge < -0.3 is 0 Å². The summed E-state index contributed by atoms with van der Waals surface area (Å²) in [6.07, 6.45) is 0.650. The van der Waals surface area contributed by atoms with Crippen LogP contribution >= 0.6 is 34.2 Å². The lowest BCUT2D eigenvalue weighted by molar-refractivity contribution is 0.546. The SMILES string of the molecule is Cc1ccc(CC(NN)c2ccc(F)cc2I)c(Cl)c1. The van der Waals surface area contributed by atoms with Crippen LogP contribution in [0.15, 0.2) is 36.4 Å². The normalized spacial score (nSPS) is 12.4. The number of hydrogen-bond acceptors (Lipinski definition) is 2. The molecular weight excluding hydrogens is 390 g/mol. The summed E-state index contributed by atoms with van der Waals surface area (Å²) in [6.45, 7) is 2.00. The lowest BCUT2D eigenvalue weighted by Gasteiger charge is -2.19. The second-order valence-electron chi connectivity index (χ2n) is 4.68. The third kappa shape index (κ3) is 3.69. The third-order valence-corrected chi connectivity index (χ3v) is 4.46. The van der Waals surface area contributed by atoms with E-state index in [1.165, 1.54) is 12.1 Å². The Bertz CT molecular complexity index is 619. The molecule has 106 valence electrons. The van der Waals surface area contributed by atoms with E-state index < -0.39 is 0 Å². The number of rotatable bonds is 4. The third-order valence-electron chi connectivity index (χ3n) is 3.17. The van der Waals surface area contributed by atoms with Crippen LogP contribution in [0.5, 0.6) is 0 Å². The zero-order valence-corrected chi connectivity index (χ0v) is 13.9. The van der Waals surface area contributed by atoms with Crippen LogP contribution in [0.25, 0.3) is 0 Å². The Morgan fingerprint density at radius 1 is 1.30 bits per heavy atom. The fourth-order valence-electron chi connectivity index (χ4n) is 2.08. The van der Waals surface area contributed by atoms with Crippen LogP contribution in [0.3, 0.4) is 0 Å². The predicted molar refractivity (Wildman–Crippen MR) is 89.1 cm³/mol. The molecule has 0 fully saturated rings. The van der Waals surface area contributed by atoms with Crippen LogP contribution in [0.4, 0.5) is 4.39 Å². The Morgan fingerprint density at radius 3 is 2.65 bits per heavy atom. The van der Waals surface area contributed by atoms with Gasteiger partial charge in [0.2, 0.25) is 0 Å². The molecule has 0 aliphatic rings. The zero-order valence-electron chi connectivity index (χ0n) is 11.0. The summed E-state index contributed by atoms with van der Waals surface area (Å²) in [5.74, 6) is 5.40. The highest BCUT2D eigenvalue weighted by Crippen LogP contribution is 2.27. The molecule has 2 aromatic rings. The van der Waals surface area contributed by atoms with Gasteiger partial charge in [-0.25, -0.2) is 4.39 Å². The highest BCUT2D eigenvalue weighted by Gasteiger charge is 2.15. The maximum absolute atomic E-state index is 13.2. The molecule has 0 aromatic heterocycles. The smallest absolute Gasteiger partial charge is 0.124 e. The fraction of sp³-hybridized carbons (Fsp3) is 0.200. The van der Waals surface area contributed by atoms with Gasteiger partial charge in [-0.2, -0.15) is 0 Å². The Kier molecular flexibility index (Phi) is 5.37. The average Bonchev–Trinajstić information content (AvgIpc) is 2.39. The summed E-state index contributed by atoms with van der Waals surface area (Å²) in [6, 6.07) is 10.5. The van der Waals surface area contributed by atoms with E-state index in [0.717, 1.165) is 25.3 Å². The molecule has 0 saturated heterocycles. The minimum absolute atomic E-state index is 0.109. The summed E-state index contributed by atoms with van der Waals surface area (Å²) in [5.41, 5.74) is 5.88. The van der Waals surface area contributed by atoms with E-state index in [4.69, 9.17) is 17.4 Å². The van der Waals surface area contributed by atoms with Crippen molar-refractivity contribution in [1.29, 1.82) is 0 Å². The van der Waals surface area contributed by atoms with E-state index in [-0.39, 0.29) is 11.9 Å². The lowest BCUT2D eigenvalue weighted by Crippen LogP contribution is -2.30. The van der Waals surface area contributed by atoms with Crippen LogP contribution < -0.4 is 11.3 Å². The van der Waals surface area contributed by atoms with Gasteiger partial charge in [0.1, 0.15) is 5.82 Å². The lowest BCUT2D eigenvalue weighted by atomic mass is 9.98. The number of benzene rings is 2. The number of nitrogens with one attached hydrogen (secondary N) is 1. The molecule has 0 amide bonds. The summed E-state index contributed by atoms with van der Waals surface area (Å²) in [7, 11) is 0. The Morgan fingerprint density at radius 2 is 2.05 bits per heavy atom.